The van der Waals surface area contributed by atoms with Crippen molar-refractivity contribution in [2.24, 2.45) is 0 Å². The Morgan fingerprint density at radius 1 is 1.25 bits per heavy atom. The second-order valence-electron chi connectivity index (χ2n) is 6.76. The van der Waals surface area contributed by atoms with Gasteiger partial charge in [-0.3, -0.25) is 9.80 Å². The third-order valence-corrected chi connectivity index (χ3v) is 3.85. The summed E-state index contributed by atoms with van der Waals surface area (Å²) in [5, 5.41) is 0. The van der Waals surface area contributed by atoms with Crippen LogP contribution in [0.25, 0.3) is 0 Å². The fourth-order valence-corrected chi connectivity index (χ4v) is 2.82. The Bertz CT molecular complexity index is 316. The lowest BCUT2D eigenvalue weighted by molar-refractivity contribution is -0.0209. The van der Waals surface area contributed by atoms with E-state index in [-0.39, 0.29) is 6.09 Å². The highest BCUT2D eigenvalue weighted by Crippen LogP contribution is 2.25. The molecule has 5 nitrogen and oxygen atoms in total. The molecular weight excluding hydrogens is 256 g/mol. The molecule has 0 radical (unpaired) electrons. The van der Waals surface area contributed by atoms with Crippen molar-refractivity contribution < 1.29 is 14.3 Å². The lowest BCUT2D eigenvalue weighted by Gasteiger charge is -2.36. The van der Waals surface area contributed by atoms with E-state index >= 15 is 0 Å². The lowest BCUT2D eigenvalue weighted by Crippen LogP contribution is -2.50. The fraction of sp³-hybridized carbons (Fsp3) is 0.933. The summed E-state index contributed by atoms with van der Waals surface area (Å²) in [4.78, 5) is 16.7. The van der Waals surface area contributed by atoms with Gasteiger partial charge >= 0.3 is 6.09 Å². The Labute approximate surface area is 122 Å². The first kappa shape index (κ1) is 15.6. The quantitative estimate of drug-likeness (QED) is 0.798. The van der Waals surface area contributed by atoms with Gasteiger partial charge in [-0.1, -0.05) is 12.8 Å². The smallest absolute Gasteiger partial charge is 0.411 e. The first-order chi connectivity index (χ1) is 9.46. The Hall–Kier alpha value is -0.810. The zero-order valence-corrected chi connectivity index (χ0v) is 13.1. The number of carbonyl (C=O) groups excluding carboxylic acids is 1. The molecule has 0 atom stereocenters. The van der Waals surface area contributed by atoms with Crippen LogP contribution >= 0.6 is 0 Å². The van der Waals surface area contributed by atoms with Gasteiger partial charge < -0.3 is 9.47 Å². The molecule has 0 aromatic rings. The Morgan fingerprint density at radius 3 is 2.40 bits per heavy atom. The highest BCUT2D eigenvalue weighted by atomic mass is 16.6. The van der Waals surface area contributed by atoms with E-state index in [0.29, 0.717) is 12.7 Å². The number of morpholine rings is 1. The van der Waals surface area contributed by atoms with E-state index < -0.39 is 5.60 Å². The van der Waals surface area contributed by atoms with E-state index in [2.05, 4.69) is 4.90 Å². The molecule has 0 aromatic carbocycles. The average molecular weight is 284 g/mol. The normalized spacial score (nSPS) is 21.9. The van der Waals surface area contributed by atoms with Crippen molar-refractivity contribution in [3.8, 4) is 0 Å². The summed E-state index contributed by atoms with van der Waals surface area (Å²) in [6.07, 6.45) is 4.46. The molecular formula is C15H28N2O3. The number of amides is 1. The Balaban J connectivity index is 1.97. The maximum absolute atomic E-state index is 12.5. The van der Waals surface area contributed by atoms with Crippen molar-refractivity contribution in [3.05, 3.63) is 0 Å². The van der Waals surface area contributed by atoms with Gasteiger partial charge in [0.2, 0.25) is 0 Å². The van der Waals surface area contributed by atoms with E-state index in [1.165, 1.54) is 12.8 Å². The summed E-state index contributed by atoms with van der Waals surface area (Å²) >= 11 is 0. The third-order valence-electron chi connectivity index (χ3n) is 3.85. The number of nitrogens with zero attached hydrogens (tertiary/aromatic N) is 2. The minimum absolute atomic E-state index is 0.170. The van der Waals surface area contributed by atoms with Crippen LogP contribution in [0.2, 0.25) is 0 Å². The van der Waals surface area contributed by atoms with Crippen molar-refractivity contribution >= 4 is 6.09 Å². The van der Waals surface area contributed by atoms with Crippen LogP contribution in [-0.4, -0.2) is 60.5 Å². The van der Waals surface area contributed by atoms with E-state index in [1.54, 1.807) is 0 Å². The molecule has 2 fully saturated rings. The molecule has 1 aliphatic carbocycles. The van der Waals surface area contributed by atoms with Gasteiger partial charge in [-0.2, -0.15) is 0 Å². The maximum Gasteiger partial charge on any atom is 0.411 e. The summed E-state index contributed by atoms with van der Waals surface area (Å²) in [6.45, 7) is 9.74. The number of hydrogen-bond acceptors (Lipinski definition) is 4. The molecule has 0 bridgehead atoms. The van der Waals surface area contributed by atoms with Gasteiger partial charge in [0.05, 0.1) is 19.9 Å². The summed E-state index contributed by atoms with van der Waals surface area (Å²) < 4.78 is 11.0. The van der Waals surface area contributed by atoms with Crippen LogP contribution in [0.15, 0.2) is 0 Å². The lowest BCUT2D eigenvalue weighted by atomic mass is 10.2. The molecule has 1 heterocycles. The maximum atomic E-state index is 12.5. The molecule has 2 rings (SSSR count). The monoisotopic (exact) mass is 284 g/mol. The third kappa shape index (κ3) is 4.63. The molecule has 2 aliphatic rings. The van der Waals surface area contributed by atoms with Crippen molar-refractivity contribution in [2.45, 2.75) is 58.1 Å². The first-order valence-electron chi connectivity index (χ1n) is 7.75. The number of rotatable bonds is 3. The van der Waals surface area contributed by atoms with Gasteiger partial charge in [0.15, 0.2) is 0 Å². The number of hydrogen-bond donors (Lipinski definition) is 0. The molecule has 1 saturated carbocycles. The highest BCUT2D eigenvalue weighted by Gasteiger charge is 2.31. The molecule has 0 aromatic heterocycles. The van der Waals surface area contributed by atoms with E-state index in [1.807, 2.05) is 25.7 Å². The largest absolute Gasteiger partial charge is 0.444 e. The van der Waals surface area contributed by atoms with E-state index in [9.17, 15) is 4.79 Å². The molecule has 0 spiro atoms. The number of ether oxygens (including phenoxy) is 2. The van der Waals surface area contributed by atoms with Crippen LogP contribution in [0, 0.1) is 0 Å². The molecule has 1 saturated heterocycles. The predicted molar refractivity (Wildman–Crippen MR) is 77.6 cm³/mol. The van der Waals surface area contributed by atoms with Crippen LogP contribution in [0.1, 0.15) is 46.5 Å². The highest BCUT2D eigenvalue weighted by molar-refractivity contribution is 5.68. The molecule has 0 unspecified atom stereocenters. The second kappa shape index (κ2) is 6.76. The zero-order chi connectivity index (χ0) is 14.6. The van der Waals surface area contributed by atoms with Gasteiger partial charge in [-0.15, -0.1) is 0 Å². The molecule has 5 heteroatoms. The van der Waals surface area contributed by atoms with Crippen LogP contribution in [-0.2, 0) is 9.47 Å². The average Bonchev–Trinajstić information content (AvgIpc) is 2.88. The fourth-order valence-electron chi connectivity index (χ4n) is 2.82. The molecule has 20 heavy (non-hydrogen) atoms. The predicted octanol–water partition coefficient (Wildman–Crippen LogP) is 2.46. The SMILES string of the molecule is CC(C)(C)OC(=O)N(CN1CCOCC1)C1CCCC1. The van der Waals surface area contributed by atoms with Crippen molar-refractivity contribution in [1.82, 2.24) is 9.80 Å². The van der Waals surface area contributed by atoms with Gasteiger partial charge in [0.1, 0.15) is 5.60 Å². The van der Waals surface area contributed by atoms with Crippen LogP contribution < -0.4 is 0 Å². The zero-order valence-electron chi connectivity index (χ0n) is 13.1. The van der Waals surface area contributed by atoms with Crippen LogP contribution in [0.3, 0.4) is 0 Å². The molecule has 1 aliphatic heterocycles. The summed E-state index contributed by atoms with van der Waals surface area (Å²) in [6, 6.07) is 0.340. The van der Waals surface area contributed by atoms with Crippen molar-refractivity contribution in [3.63, 3.8) is 0 Å². The van der Waals surface area contributed by atoms with Gasteiger partial charge in [0, 0.05) is 19.1 Å². The standard InChI is InChI=1S/C15H28N2O3/c1-15(2,3)20-14(18)17(13-6-4-5-7-13)12-16-8-10-19-11-9-16/h13H,4-12H2,1-3H3. The van der Waals surface area contributed by atoms with Crippen molar-refractivity contribution in [1.29, 1.82) is 0 Å². The number of carbonyl (C=O) groups is 1. The summed E-state index contributed by atoms with van der Waals surface area (Å²) in [5.74, 6) is 0. The Morgan fingerprint density at radius 2 is 1.85 bits per heavy atom. The molecule has 0 N–H and O–H groups in total. The Kier molecular flexibility index (Phi) is 5.27. The summed E-state index contributed by atoms with van der Waals surface area (Å²) in [7, 11) is 0. The van der Waals surface area contributed by atoms with Gasteiger partial charge in [-0.05, 0) is 33.6 Å². The van der Waals surface area contributed by atoms with Gasteiger partial charge in [0.25, 0.3) is 0 Å². The minimum Gasteiger partial charge on any atom is -0.444 e. The van der Waals surface area contributed by atoms with Crippen LogP contribution in [0.5, 0.6) is 0 Å². The molecule has 116 valence electrons. The van der Waals surface area contributed by atoms with E-state index in [4.69, 9.17) is 9.47 Å². The molecule has 1 amide bonds. The van der Waals surface area contributed by atoms with Crippen molar-refractivity contribution in [2.75, 3.05) is 33.0 Å². The van der Waals surface area contributed by atoms with E-state index in [0.717, 1.165) is 39.1 Å². The van der Waals surface area contributed by atoms with Crippen LogP contribution in [0.4, 0.5) is 4.79 Å². The minimum atomic E-state index is -0.432. The second-order valence-corrected chi connectivity index (χ2v) is 6.76. The topological polar surface area (TPSA) is 42.0 Å². The summed E-state index contributed by atoms with van der Waals surface area (Å²) in [5.41, 5.74) is -0.432. The first-order valence-corrected chi connectivity index (χ1v) is 7.75. The van der Waals surface area contributed by atoms with Gasteiger partial charge in [-0.25, -0.2) is 4.79 Å².